The van der Waals surface area contributed by atoms with Gasteiger partial charge in [-0.1, -0.05) is 12.1 Å². The van der Waals surface area contributed by atoms with Gasteiger partial charge in [0.25, 0.3) is 5.91 Å². The summed E-state index contributed by atoms with van der Waals surface area (Å²) >= 11 is 4.92. The van der Waals surface area contributed by atoms with Gasteiger partial charge >= 0.3 is 0 Å². The number of nitrogens with one attached hydrogen (secondary N) is 1. The molecule has 7 heteroatoms. The fraction of sp³-hybridized carbons (Fsp3) is 0. The Labute approximate surface area is 161 Å². The molecule has 2 aromatic carbocycles. The molecule has 0 unspecified atom stereocenters. The first-order valence-corrected chi connectivity index (χ1v) is 9.40. The quantitative estimate of drug-likeness (QED) is 0.468. The molecule has 0 radical (unpaired) electrons. The van der Waals surface area contributed by atoms with Crippen LogP contribution in [0.5, 0.6) is 11.6 Å². The number of thiophene rings is 1. The number of nitrogens with zero attached hydrogens (tertiary/aromatic N) is 2. The third-order valence-electron chi connectivity index (χ3n) is 3.67. The second-order valence-corrected chi connectivity index (χ2v) is 7.13. The van der Waals surface area contributed by atoms with Crippen LogP contribution in [0.15, 0.2) is 70.8 Å². The van der Waals surface area contributed by atoms with Crippen molar-refractivity contribution >= 4 is 49.1 Å². The lowest BCUT2D eigenvalue weighted by Gasteiger charge is -2.09. The third kappa shape index (κ3) is 3.44. The number of carbonyl (C=O) groups excluding carboxylic acids is 1. The molecule has 0 bridgehead atoms. The summed E-state index contributed by atoms with van der Waals surface area (Å²) in [6.07, 6.45) is 1.49. The normalized spacial score (nSPS) is 10.7. The lowest BCUT2D eigenvalue weighted by Crippen LogP contribution is -2.12. The Hall–Kier alpha value is -2.77. The number of ether oxygens (including phenoxy) is 1. The number of rotatable bonds is 4. The molecular weight excluding hydrogens is 414 g/mol. The van der Waals surface area contributed by atoms with E-state index in [1.54, 1.807) is 30.3 Å². The highest BCUT2D eigenvalue weighted by Crippen LogP contribution is 2.30. The topological polar surface area (TPSA) is 64.1 Å². The summed E-state index contributed by atoms with van der Waals surface area (Å²) in [6, 6.07) is 16.4. The first-order valence-electron chi connectivity index (χ1n) is 7.73. The SMILES string of the molecule is O=C(Nc1ccc(Oc2ncnc3sccc23)cc1)c1ccccc1Br. The predicted molar refractivity (Wildman–Crippen MR) is 106 cm³/mol. The lowest BCUT2D eigenvalue weighted by molar-refractivity contribution is 0.102. The predicted octanol–water partition coefficient (Wildman–Crippen LogP) is 5.50. The van der Waals surface area contributed by atoms with E-state index in [1.807, 2.05) is 29.6 Å². The van der Waals surface area contributed by atoms with Crippen LogP contribution in [-0.2, 0) is 0 Å². The fourth-order valence-corrected chi connectivity index (χ4v) is 3.60. The van der Waals surface area contributed by atoms with E-state index < -0.39 is 0 Å². The van der Waals surface area contributed by atoms with Crippen molar-refractivity contribution in [3.05, 3.63) is 76.3 Å². The highest BCUT2D eigenvalue weighted by atomic mass is 79.9. The van der Waals surface area contributed by atoms with Crippen molar-refractivity contribution < 1.29 is 9.53 Å². The van der Waals surface area contributed by atoms with Gasteiger partial charge < -0.3 is 10.1 Å². The largest absolute Gasteiger partial charge is 0.438 e. The van der Waals surface area contributed by atoms with Crippen LogP contribution in [-0.4, -0.2) is 15.9 Å². The molecule has 2 aromatic heterocycles. The van der Waals surface area contributed by atoms with Crippen LogP contribution < -0.4 is 10.1 Å². The molecule has 5 nitrogen and oxygen atoms in total. The molecule has 2 heterocycles. The summed E-state index contributed by atoms with van der Waals surface area (Å²) in [7, 11) is 0. The first-order chi connectivity index (χ1) is 12.7. The van der Waals surface area contributed by atoms with Crippen molar-refractivity contribution in [3.8, 4) is 11.6 Å². The second kappa shape index (κ2) is 7.23. The molecule has 0 spiro atoms. The van der Waals surface area contributed by atoms with Gasteiger partial charge in [0.05, 0.1) is 10.9 Å². The Bertz CT molecular complexity index is 1080. The zero-order chi connectivity index (χ0) is 17.9. The van der Waals surface area contributed by atoms with Crippen LogP contribution >= 0.6 is 27.3 Å². The Morgan fingerprint density at radius 3 is 2.65 bits per heavy atom. The highest BCUT2D eigenvalue weighted by molar-refractivity contribution is 9.10. The minimum atomic E-state index is -0.179. The zero-order valence-corrected chi connectivity index (χ0v) is 15.8. The molecule has 0 saturated carbocycles. The van der Waals surface area contributed by atoms with Crippen LogP contribution in [0.25, 0.3) is 10.2 Å². The van der Waals surface area contributed by atoms with Gasteiger partial charge in [-0.15, -0.1) is 11.3 Å². The van der Waals surface area contributed by atoms with Gasteiger partial charge in [-0.05, 0) is 63.8 Å². The summed E-state index contributed by atoms with van der Waals surface area (Å²) in [6.45, 7) is 0. The van der Waals surface area contributed by atoms with Crippen molar-refractivity contribution in [1.29, 1.82) is 0 Å². The third-order valence-corrected chi connectivity index (χ3v) is 5.18. The molecule has 0 aliphatic rings. The molecule has 4 rings (SSSR count). The number of carbonyl (C=O) groups is 1. The van der Waals surface area contributed by atoms with Crippen LogP contribution in [0, 0.1) is 0 Å². The van der Waals surface area contributed by atoms with Gasteiger partial charge in [0.15, 0.2) is 0 Å². The van der Waals surface area contributed by atoms with Gasteiger partial charge in [-0.25, -0.2) is 9.97 Å². The smallest absolute Gasteiger partial charge is 0.256 e. The second-order valence-electron chi connectivity index (χ2n) is 5.38. The lowest BCUT2D eigenvalue weighted by atomic mass is 10.2. The van der Waals surface area contributed by atoms with Crippen molar-refractivity contribution in [2.75, 3.05) is 5.32 Å². The summed E-state index contributed by atoms with van der Waals surface area (Å²) in [5.41, 5.74) is 1.26. The molecule has 0 saturated heterocycles. The van der Waals surface area contributed by atoms with Crippen molar-refractivity contribution in [2.24, 2.45) is 0 Å². The zero-order valence-electron chi connectivity index (χ0n) is 13.3. The maximum Gasteiger partial charge on any atom is 0.256 e. The monoisotopic (exact) mass is 425 g/mol. The maximum atomic E-state index is 12.3. The van der Waals surface area contributed by atoms with E-state index in [9.17, 15) is 4.79 Å². The Kier molecular flexibility index (Phi) is 4.64. The Morgan fingerprint density at radius 1 is 1.04 bits per heavy atom. The molecule has 1 N–H and O–H groups in total. The number of fused-ring (bicyclic) bond motifs is 1. The number of benzene rings is 2. The van der Waals surface area contributed by atoms with E-state index in [-0.39, 0.29) is 5.91 Å². The fourth-order valence-electron chi connectivity index (χ4n) is 2.41. The number of anilines is 1. The number of hydrogen-bond donors (Lipinski definition) is 1. The Morgan fingerprint density at radius 2 is 1.85 bits per heavy atom. The summed E-state index contributed by atoms with van der Waals surface area (Å²) < 4.78 is 6.60. The molecule has 0 atom stereocenters. The minimum Gasteiger partial charge on any atom is -0.438 e. The molecule has 128 valence electrons. The van der Waals surface area contributed by atoms with E-state index in [2.05, 4.69) is 31.2 Å². The van der Waals surface area contributed by atoms with Crippen molar-refractivity contribution in [2.45, 2.75) is 0 Å². The van der Waals surface area contributed by atoms with E-state index >= 15 is 0 Å². The highest BCUT2D eigenvalue weighted by Gasteiger charge is 2.10. The molecule has 0 fully saturated rings. The minimum absolute atomic E-state index is 0.179. The van der Waals surface area contributed by atoms with Gasteiger partial charge in [0, 0.05) is 10.2 Å². The summed E-state index contributed by atoms with van der Waals surface area (Å²) in [5, 5.41) is 5.70. The van der Waals surface area contributed by atoms with E-state index in [1.165, 1.54) is 17.7 Å². The average molecular weight is 426 g/mol. The van der Waals surface area contributed by atoms with E-state index in [0.717, 1.165) is 14.7 Å². The van der Waals surface area contributed by atoms with E-state index in [0.29, 0.717) is 22.9 Å². The van der Waals surface area contributed by atoms with Crippen LogP contribution in [0.3, 0.4) is 0 Å². The first kappa shape index (κ1) is 16.7. The number of amides is 1. The average Bonchev–Trinajstić information content (AvgIpc) is 3.13. The maximum absolute atomic E-state index is 12.3. The number of halogens is 1. The molecule has 0 aliphatic heterocycles. The van der Waals surface area contributed by atoms with Crippen LogP contribution in [0.1, 0.15) is 10.4 Å². The number of hydrogen-bond acceptors (Lipinski definition) is 5. The summed E-state index contributed by atoms with van der Waals surface area (Å²) in [4.78, 5) is 21.6. The summed E-state index contributed by atoms with van der Waals surface area (Å²) in [5.74, 6) is 0.971. The van der Waals surface area contributed by atoms with E-state index in [4.69, 9.17) is 4.74 Å². The molecule has 1 amide bonds. The van der Waals surface area contributed by atoms with Crippen LogP contribution in [0.4, 0.5) is 5.69 Å². The van der Waals surface area contributed by atoms with Crippen molar-refractivity contribution in [1.82, 2.24) is 9.97 Å². The van der Waals surface area contributed by atoms with Crippen LogP contribution in [0.2, 0.25) is 0 Å². The van der Waals surface area contributed by atoms with Gasteiger partial charge in [-0.3, -0.25) is 4.79 Å². The number of aromatic nitrogens is 2. The van der Waals surface area contributed by atoms with Gasteiger partial charge in [0.1, 0.15) is 16.9 Å². The standard InChI is InChI=1S/C19H12BrN3O2S/c20-16-4-2-1-3-14(16)17(24)23-12-5-7-13(8-6-12)25-18-15-9-10-26-19(15)22-11-21-18/h1-11H,(H,23,24). The molecule has 26 heavy (non-hydrogen) atoms. The molecule has 0 aliphatic carbocycles. The van der Waals surface area contributed by atoms with Crippen molar-refractivity contribution in [3.63, 3.8) is 0 Å². The molecule has 4 aromatic rings. The van der Waals surface area contributed by atoms with Gasteiger partial charge in [0.2, 0.25) is 5.88 Å². The van der Waals surface area contributed by atoms with Gasteiger partial charge in [-0.2, -0.15) is 0 Å². The Balaban J connectivity index is 1.49. The molecular formula is C19H12BrN3O2S.